The highest BCUT2D eigenvalue weighted by Crippen LogP contribution is 2.24. The molecule has 2 saturated heterocycles. The third-order valence-corrected chi connectivity index (χ3v) is 16.7. The smallest absolute Gasteiger partial charge is 0.245 e. The molecule has 0 spiro atoms. The van der Waals surface area contributed by atoms with Crippen LogP contribution in [0.1, 0.15) is 121 Å². The largest absolute Gasteiger partial charge is 0.370 e. The van der Waals surface area contributed by atoms with E-state index in [0.29, 0.717) is 55.4 Å². The summed E-state index contributed by atoms with van der Waals surface area (Å²) in [5.41, 5.74) is 40.6. The summed E-state index contributed by atoms with van der Waals surface area (Å²) in [6.45, 7) is 3.86. The van der Waals surface area contributed by atoms with Gasteiger partial charge >= 0.3 is 0 Å². The molecule has 0 saturated carbocycles. The molecule has 2 heterocycles. The number of thioether (sulfide) groups is 1. The summed E-state index contributed by atoms with van der Waals surface area (Å²) < 4.78 is 0. The van der Waals surface area contributed by atoms with Crippen molar-refractivity contribution in [3.63, 3.8) is 0 Å². The van der Waals surface area contributed by atoms with Crippen LogP contribution in [0.15, 0.2) is 65.7 Å². The summed E-state index contributed by atoms with van der Waals surface area (Å²) in [6.07, 6.45) is 3.12. The van der Waals surface area contributed by atoms with Gasteiger partial charge < -0.3 is 92.5 Å². The minimum Gasteiger partial charge on any atom is -0.370 e. The van der Waals surface area contributed by atoms with Crippen LogP contribution in [0, 0.1) is 5.92 Å². The van der Waals surface area contributed by atoms with E-state index in [0.717, 1.165) is 0 Å². The topological polar surface area (TPSA) is 519 Å². The number of rotatable bonds is 42. The molecule has 0 radical (unpaired) electrons. The Balaban J connectivity index is 1.56. The van der Waals surface area contributed by atoms with Crippen LogP contribution < -0.4 is 82.7 Å². The van der Waals surface area contributed by atoms with Crippen LogP contribution in [0.4, 0.5) is 0 Å². The summed E-state index contributed by atoms with van der Waals surface area (Å²) in [6, 6.07) is 4.51. The number of unbranched alkanes of at least 4 members (excludes halogenated alkanes) is 1. The van der Waals surface area contributed by atoms with E-state index in [1.165, 1.54) is 21.6 Å². The van der Waals surface area contributed by atoms with E-state index >= 15 is 0 Å². The highest BCUT2D eigenvalue weighted by molar-refractivity contribution is 7.98. The second kappa shape index (κ2) is 41.0. The lowest BCUT2D eigenvalue weighted by Gasteiger charge is -2.32. The lowest BCUT2D eigenvalue weighted by atomic mass is 10.0. The van der Waals surface area contributed by atoms with E-state index in [4.69, 9.17) is 40.1 Å². The summed E-state index contributed by atoms with van der Waals surface area (Å²) in [5, 5.41) is 21.1. The molecule has 0 aromatic heterocycles. The maximum Gasteiger partial charge on any atom is 0.245 e. The molecule has 2 fully saturated rings. The molecule has 0 unspecified atom stereocenters. The van der Waals surface area contributed by atoms with E-state index in [1.807, 2.05) is 20.1 Å². The SMILES string of the molecule is CSCC[C@H](NC(=O)[C@@H](CC(C)C)NC(=O)CNC(=O)[C@H](Cc1ccccc1)NC(=O)[C@H](Cc1ccccc1)NC(=O)[C@H](CCC(N)=O)NC(=O)[C@@H](CCC(N)=O)NC(=O)[C@@H]1CCCN1C(=O)[C@H](CCCCN)NC(=O)[C@@H]1CCCN1C(=O)[C@@H](N)CCCN=C(N)N)C(N)=O. The molecule has 4 rings (SSSR count). The average molecular weight is 1350 g/mol. The van der Waals surface area contributed by atoms with Gasteiger partial charge in [-0.3, -0.25) is 67.3 Å². The number of nitrogens with two attached hydrogens (primary N) is 7. The van der Waals surface area contributed by atoms with Crippen molar-refractivity contribution in [3.8, 4) is 0 Å². The standard InChI is InChI=1S/C63H98N18O13S/c1-37(2)33-45(57(89)74-41(53(68)85)27-32-95-3)73-52(84)36-72-54(86)46(34-38-15-6-4-7-16-38)78-58(90)47(35-39-17-8-5-9-18-39)79-56(88)42(23-25-50(66)82)75-55(87)43(24-26-51(67)83)76-59(91)49-22-14-31-81(49)62(94)44(20-10-11-28-64)77-60(92)48-21-13-30-80(48)61(93)40(65)19-12-29-71-63(69)70/h4-9,15-18,37,40-49H,10-14,19-36,64-65H2,1-3H3,(H2,66,82)(H2,67,83)(H2,68,85)(H,72,86)(H,73,84)(H,74,89)(H,75,87)(H,76,91)(H,77,92)(H,78,90)(H,79,88)(H4,69,70,71)/t40-,41-,42-,43+,44-,45+,46-,47-,48-,49-/m0/s1. The number of amides is 13. The van der Waals surface area contributed by atoms with Crippen molar-refractivity contribution in [2.24, 2.45) is 51.0 Å². The maximum atomic E-state index is 14.7. The summed E-state index contributed by atoms with van der Waals surface area (Å²) in [5.74, 6) is -9.80. The van der Waals surface area contributed by atoms with E-state index in [2.05, 4.69) is 47.5 Å². The number of aliphatic imine (C=N–C) groups is 1. The molecule has 2 aliphatic rings. The van der Waals surface area contributed by atoms with Gasteiger partial charge in [0.1, 0.15) is 54.4 Å². The van der Waals surface area contributed by atoms with E-state index in [-0.39, 0.29) is 83.0 Å². The van der Waals surface area contributed by atoms with Gasteiger partial charge in [-0.2, -0.15) is 11.8 Å². The number of carbonyl (C=O) groups is 13. The predicted octanol–water partition coefficient (Wildman–Crippen LogP) is -3.71. The number of guanidine groups is 1. The zero-order chi connectivity index (χ0) is 70.1. The molecule has 0 bridgehead atoms. The molecular formula is C63H98N18O13S. The predicted molar refractivity (Wildman–Crippen MR) is 356 cm³/mol. The molecule has 31 nitrogen and oxygen atoms in total. The molecule has 0 aliphatic carbocycles. The Morgan fingerprint density at radius 1 is 0.537 bits per heavy atom. The molecule has 2 aromatic rings. The second-order valence-corrected chi connectivity index (χ2v) is 25.1. The van der Waals surface area contributed by atoms with Gasteiger partial charge in [-0.15, -0.1) is 0 Å². The van der Waals surface area contributed by atoms with Gasteiger partial charge in [0.2, 0.25) is 76.8 Å². The Labute approximate surface area is 558 Å². The first kappa shape index (κ1) is 78.5. The highest BCUT2D eigenvalue weighted by Gasteiger charge is 2.42. The first-order chi connectivity index (χ1) is 45.2. The number of nitrogens with one attached hydrogen (secondary N) is 8. The van der Waals surface area contributed by atoms with Gasteiger partial charge in [0.15, 0.2) is 5.96 Å². The molecule has 13 amide bonds. The van der Waals surface area contributed by atoms with Crippen molar-refractivity contribution in [1.29, 1.82) is 0 Å². The highest BCUT2D eigenvalue weighted by atomic mass is 32.2. The minimum atomic E-state index is -1.64. The molecule has 2 aliphatic heterocycles. The van der Waals surface area contributed by atoms with Gasteiger partial charge in [-0.25, -0.2) is 0 Å². The first-order valence-electron chi connectivity index (χ1n) is 32.2. The lowest BCUT2D eigenvalue weighted by molar-refractivity contribution is -0.144. The van der Waals surface area contributed by atoms with Crippen LogP contribution in [0.2, 0.25) is 0 Å². The van der Waals surface area contributed by atoms with Crippen molar-refractivity contribution in [2.45, 2.75) is 183 Å². The van der Waals surface area contributed by atoms with Crippen LogP contribution in [0.3, 0.4) is 0 Å². The van der Waals surface area contributed by atoms with Crippen molar-refractivity contribution in [1.82, 2.24) is 52.3 Å². The molecule has 32 heteroatoms. The van der Waals surface area contributed by atoms with Crippen molar-refractivity contribution < 1.29 is 62.3 Å². The second-order valence-electron chi connectivity index (χ2n) is 24.1. The third-order valence-electron chi connectivity index (χ3n) is 16.0. The van der Waals surface area contributed by atoms with Crippen LogP contribution in [-0.4, -0.2) is 198 Å². The van der Waals surface area contributed by atoms with Crippen molar-refractivity contribution in [2.75, 3.05) is 44.7 Å². The number of likely N-dealkylation sites (tertiary alicyclic amines) is 2. The molecule has 2 aromatic carbocycles. The van der Waals surface area contributed by atoms with Crippen LogP contribution in [-0.2, 0) is 75.2 Å². The molecule has 10 atom stereocenters. The van der Waals surface area contributed by atoms with E-state index in [1.54, 1.807) is 60.7 Å². The van der Waals surface area contributed by atoms with Crippen LogP contribution in [0.25, 0.3) is 0 Å². The zero-order valence-corrected chi connectivity index (χ0v) is 55.3. The number of nitrogens with zero attached hydrogens (tertiary/aromatic N) is 3. The average Bonchev–Trinajstić information content (AvgIpc) is 1.74. The number of hydrogen-bond acceptors (Lipinski definition) is 17. The third kappa shape index (κ3) is 27.5. The fourth-order valence-corrected chi connectivity index (χ4v) is 11.5. The Bertz CT molecular complexity index is 2960. The summed E-state index contributed by atoms with van der Waals surface area (Å²) >= 11 is 1.45. The Morgan fingerprint density at radius 2 is 1.01 bits per heavy atom. The first-order valence-corrected chi connectivity index (χ1v) is 33.6. The van der Waals surface area contributed by atoms with Crippen LogP contribution in [0.5, 0.6) is 0 Å². The quantitative estimate of drug-likeness (QED) is 0.0173. The maximum absolute atomic E-state index is 14.7. The number of primary amides is 3. The molecule has 524 valence electrons. The van der Waals surface area contributed by atoms with Gasteiger partial charge in [0.05, 0.1) is 12.6 Å². The van der Waals surface area contributed by atoms with Gasteiger partial charge in [0.25, 0.3) is 0 Å². The lowest BCUT2D eigenvalue weighted by Crippen LogP contribution is -2.60. The number of benzene rings is 2. The summed E-state index contributed by atoms with van der Waals surface area (Å²) in [7, 11) is 0. The molecule has 95 heavy (non-hydrogen) atoms. The number of carbonyl (C=O) groups excluding carboxylic acids is 13. The molecule has 22 N–H and O–H groups in total. The van der Waals surface area contributed by atoms with Gasteiger partial charge in [0, 0.05) is 45.3 Å². The molecular weight excluding hydrogens is 1250 g/mol. The minimum absolute atomic E-state index is 0.0736. The Morgan fingerprint density at radius 3 is 1.51 bits per heavy atom. The Hall–Kier alpha value is -8.91. The van der Waals surface area contributed by atoms with E-state index < -0.39 is 169 Å². The fraction of sp³-hybridized carbons (Fsp3) is 0.587. The van der Waals surface area contributed by atoms with Gasteiger partial charge in [-0.05, 0) is 119 Å². The van der Waals surface area contributed by atoms with Crippen molar-refractivity contribution in [3.05, 3.63) is 71.8 Å². The zero-order valence-electron chi connectivity index (χ0n) is 54.5. The summed E-state index contributed by atoms with van der Waals surface area (Å²) in [4.78, 5) is 185. The Kier molecular flexibility index (Phi) is 33.9. The van der Waals surface area contributed by atoms with E-state index in [9.17, 15) is 62.3 Å². The van der Waals surface area contributed by atoms with Gasteiger partial charge in [-0.1, -0.05) is 74.5 Å². The normalized spacial score (nSPS) is 16.8. The van der Waals surface area contributed by atoms with Crippen molar-refractivity contribution >= 4 is 94.5 Å². The number of hydrogen-bond donors (Lipinski definition) is 15. The monoisotopic (exact) mass is 1350 g/mol. The fourth-order valence-electron chi connectivity index (χ4n) is 11.0. The van der Waals surface area contributed by atoms with Crippen LogP contribution >= 0.6 is 11.8 Å².